The van der Waals surface area contributed by atoms with Crippen LogP contribution < -0.4 is 0 Å². The number of hydrogen-bond donors (Lipinski definition) is 0. The van der Waals surface area contributed by atoms with Crippen LogP contribution in [0, 0.1) is 16.7 Å². The molecule has 1 heterocycles. The summed E-state index contributed by atoms with van der Waals surface area (Å²) in [5.41, 5.74) is 0.0192. The lowest BCUT2D eigenvalue weighted by Crippen LogP contribution is -2.38. The summed E-state index contributed by atoms with van der Waals surface area (Å²) >= 11 is 1.78. The van der Waals surface area contributed by atoms with Crippen molar-refractivity contribution in [1.82, 2.24) is 0 Å². The van der Waals surface area contributed by atoms with E-state index in [0.29, 0.717) is 6.61 Å². The molecule has 0 aromatic carbocycles. The molecule has 0 amide bonds. The van der Waals surface area contributed by atoms with Crippen molar-refractivity contribution in [3.8, 4) is 0 Å². The van der Waals surface area contributed by atoms with E-state index in [2.05, 4.69) is 41.5 Å². The first-order valence-electron chi connectivity index (χ1n) is 6.99. The van der Waals surface area contributed by atoms with Gasteiger partial charge in [-0.3, -0.25) is 4.79 Å². The van der Waals surface area contributed by atoms with Crippen LogP contribution in [0.4, 0.5) is 0 Å². The van der Waals surface area contributed by atoms with Gasteiger partial charge < -0.3 is 9.47 Å². The van der Waals surface area contributed by atoms with E-state index in [1.54, 1.807) is 11.8 Å². The Morgan fingerprint density at radius 2 is 1.95 bits per heavy atom. The Morgan fingerprint density at radius 3 is 2.37 bits per heavy atom. The molecule has 0 N–H and O–H groups in total. The molecule has 1 fully saturated rings. The lowest BCUT2D eigenvalue weighted by Gasteiger charge is -2.35. The maximum Gasteiger partial charge on any atom is 0.311 e. The SMILES string of the molecule is CC(C)(C)CC(C(=O)OC1CSCCO1)C(C)(C)C. The molecule has 0 aromatic heterocycles. The second-order valence-electron chi connectivity index (χ2n) is 7.50. The van der Waals surface area contributed by atoms with Crippen LogP contribution in [0.5, 0.6) is 0 Å². The zero-order valence-electron chi connectivity index (χ0n) is 13.1. The smallest absolute Gasteiger partial charge is 0.311 e. The molecule has 1 saturated heterocycles. The summed E-state index contributed by atoms with van der Waals surface area (Å²) < 4.78 is 11.0. The number of esters is 1. The van der Waals surface area contributed by atoms with E-state index < -0.39 is 0 Å². The fraction of sp³-hybridized carbons (Fsp3) is 0.933. The normalized spacial score (nSPS) is 22.9. The van der Waals surface area contributed by atoms with E-state index in [1.165, 1.54) is 0 Å². The Kier molecular flexibility index (Phi) is 5.75. The second kappa shape index (κ2) is 6.49. The van der Waals surface area contributed by atoms with Crippen LogP contribution in [0.2, 0.25) is 0 Å². The van der Waals surface area contributed by atoms with Crippen molar-refractivity contribution in [1.29, 1.82) is 0 Å². The fourth-order valence-electron chi connectivity index (χ4n) is 2.10. The average molecular weight is 288 g/mol. The van der Waals surface area contributed by atoms with E-state index >= 15 is 0 Å². The van der Waals surface area contributed by atoms with Crippen LogP contribution in [0.1, 0.15) is 48.0 Å². The highest BCUT2D eigenvalue weighted by Crippen LogP contribution is 2.37. The summed E-state index contributed by atoms with van der Waals surface area (Å²) in [6, 6.07) is 0. The predicted molar refractivity (Wildman–Crippen MR) is 80.2 cm³/mol. The van der Waals surface area contributed by atoms with Crippen LogP contribution in [0.15, 0.2) is 0 Å². The minimum absolute atomic E-state index is 0.0911. The number of hydrogen-bond acceptors (Lipinski definition) is 4. The third-order valence-corrected chi connectivity index (χ3v) is 4.14. The van der Waals surface area contributed by atoms with Gasteiger partial charge in [0.05, 0.1) is 18.3 Å². The largest absolute Gasteiger partial charge is 0.435 e. The van der Waals surface area contributed by atoms with Crippen molar-refractivity contribution >= 4 is 17.7 Å². The highest BCUT2D eigenvalue weighted by atomic mass is 32.2. The maximum atomic E-state index is 12.4. The number of carbonyl (C=O) groups excluding carboxylic acids is 1. The first-order chi connectivity index (χ1) is 8.59. The minimum Gasteiger partial charge on any atom is -0.435 e. The maximum absolute atomic E-state index is 12.4. The predicted octanol–water partition coefficient (Wildman–Crippen LogP) is 3.72. The topological polar surface area (TPSA) is 35.5 Å². The molecular formula is C15H28O3S. The monoisotopic (exact) mass is 288 g/mol. The van der Waals surface area contributed by atoms with Crippen molar-refractivity contribution in [2.45, 2.75) is 54.3 Å². The average Bonchev–Trinajstić information content (AvgIpc) is 2.24. The Bertz CT molecular complexity index is 295. The van der Waals surface area contributed by atoms with Crippen molar-refractivity contribution in [2.75, 3.05) is 18.1 Å². The van der Waals surface area contributed by atoms with Crippen molar-refractivity contribution in [3.05, 3.63) is 0 Å². The molecule has 0 saturated carbocycles. The zero-order valence-corrected chi connectivity index (χ0v) is 13.9. The highest BCUT2D eigenvalue weighted by molar-refractivity contribution is 7.99. The van der Waals surface area contributed by atoms with Gasteiger partial charge in [0.25, 0.3) is 0 Å². The molecule has 2 unspecified atom stereocenters. The summed E-state index contributed by atoms with van der Waals surface area (Å²) in [6.07, 6.45) is 0.464. The Hall–Kier alpha value is -0.220. The molecule has 0 radical (unpaired) electrons. The van der Waals surface area contributed by atoms with Gasteiger partial charge in [0, 0.05) is 5.75 Å². The fourth-order valence-corrected chi connectivity index (χ4v) is 2.84. The van der Waals surface area contributed by atoms with Crippen LogP contribution in [0.25, 0.3) is 0 Å². The van der Waals surface area contributed by atoms with Gasteiger partial charge in [-0.25, -0.2) is 0 Å². The first-order valence-corrected chi connectivity index (χ1v) is 8.15. The second-order valence-corrected chi connectivity index (χ2v) is 8.65. The molecule has 3 nitrogen and oxygen atoms in total. The summed E-state index contributed by atoms with van der Waals surface area (Å²) in [5, 5.41) is 0. The molecule has 1 rings (SSSR count). The Labute approximate surface area is 121 Å². The molecule has 2 atom stereocenters. The third-order valence-electron chi connectivity index (χ3n) is 3.18. The number of carbonyl (C=O) groups is 1. The molecule has 1 aliphatic rings. The van der Waals surface area contributed by atoms with Crippen molar-refractivity contribution in [3.63, 3.8) is 0 Å². The number of rotatable bonds is 3. The van der Waals surface area contributed by atoms with Crippen LogP contribution >= 0.6 is 11.8 Å². The van der Waals surface area contributed by atoms with Gasteiger partial charge >= 0.3 is 5.97 Å². The number of thioether (sulfide) groups is 1. The van der Waals surface area contributed by atoms with Gasteiger partial charge in [0.2, 0.25) is 6.29 Å². The van der Waals surface area contributed by atoms with Gasteiger partial charge in [-0.15, -0.1) is 0 Å². The molecule has 0 bridgehead atoms. The van der Waals surface area contributed by atoms with Crippen LogP contribution in [0.3, 0.4) is 0 Å². The molecule has 1 aliphatic heterocycles. The first kappa shape index (κ1) is 16.8. The third kappa shape index (κ3) is 6.17. The lowest BCUT2D eigenvalue weighted by molar-refractivity contribution is -0.183. The molecule has 19 heavy (non-hydrogen) atoms. The summed E-state index contributed by atoms with van der Waals surface area (Å²) in [7, 11) is 0. The molecule has 0 aliphatic carbocycles. The van der Waals surface area contributed by atoms with E-state index in [-0.39, 0.29) is 29.0 Å². The van der Waals surface area contributed by atoms with Crippen molar-refractivity contribution in [2.24, 2.45) is 16.7 Å². The Balaban J connectivity index is 2.66. The molecule has 0 aromatic rings. The van der Waals surface area contributed by atoms with Gasteiger partial charge in [-0.2, -0.15) is 11.8 Å². The van der Waals surface area contributed by atoms with Gasteiger partial charge in [0.15, 0.2) is 0 Å². The van der Waals surface area contributed by atoms with Gasteiger partial charge in [0.1, 0.15) is 0 Å². The highest BCUT2D eigenvalue weighted by Gasteiger charge is 2.37. The molecule has 4 heteroatoms. The van der Waals surface area contributed by atoms with Crippen LogP contribution in [-0.2, 0) is 14.3 Å². The van der Waals surface area contributed by atoms with E-state index in [9.17, 15) is 4.79 Å². The Morgan fingerprint density at radius 1 is 1.32 bits per heavy atom. The lowest BCUT2D eigenvalue weighted by atomic mass is 9.72. The van der Waals surface area contributed by atoms with E-state index in [0.717, 1.165) is 17.9 Å². The summed E-state index contributed by atoms with van der Waals surface area (Å²) in [5.74, 6) is 1.52. The molecule has 112 valence electrons. The van der Waals surface area contributed by atoms with Gasteiger partial charge in [-0.05, 0) is 17.3 Å². The minimum atomic E-state index is -0.365. The molecule has 0 spiro atoms. The van der Waals surface area contributed by atoms with E-state index in [4.69, 9.17) is 9.47 Å². The van der Waals surface area contributed by atoms with Crippen LogP contribution in [-0.4, -0.2) is 30.4 Å². The van der Waals surface area contributed by atoms with Gasteiger partial charge in [-0.1, -0.05) is 41.5 Å². The quantitative estimate of drug-likeness (QED) is 0.742. The van der Waals surface area contributed by atoms with E-state index in [1.807, 2.05) is 0 Å². The number of ether oxygens (including phenoxy) is 2. The summed E-state index contributed by atoms with van der Waals surface area (Å²) in [6.45, 7) is 13.4. The summed E-state index contributed by atoms with van der Waals surface area (Å²) in [4.78, 5) is 12.4. The molecular weight excluding hydrogens is 260 g/mol. The zero-order chi connectivity index (χ0) is 14.7. The standard InChI is InChI=1S/C15H28O3S/c1-14(2,3)9-11(15(4,5)6)13(16)18-12-10-19-8-7-17-12/h11-12H,7-10H2,1-6H3. The van der Waals surface area contributed by atoms with Crippen molar-refractivity contribution < 1.29 is 14.3 Å².